The maximum atomic E-state index is 11.2. The number of methoxy groups -OCH3 is 1. The lowest BCUT2D eigenvalue weighted by molar-refractivity contribution is -0.393. The number of fused-ring (bicyclic) bond motifs is 1. The first-order valence-electron chi connectivity index (χ1n) is 6.73. The number of hydrogen-bond donors (Lipinski definition) is 0. The van der Waals surface area contributed by atoms with Crippen molar-refractivity contribution >= 4 is 22.5 Å². The molecule has 0 unspecified atom stereocenters. The third-order valence-electron chi connectivity index (χ3n) is 3.15. The second-order valence-corrected chi connectivity index (χ2v) is 4.65. The number of rotatable bonds is 3. The molecule has 0 saturated carbocycles. The zero-order valence-electron chi connectivity index (χ0n) is 12.6. The number of pyridine rings is 1. The van der Waals surface area contributed by atoms with Crippen LogP contribution in [-0.4, -0.2) is 26.9 Å². The fourth-order valence-electron chi connectivity index (χ4n) is 2.12. The van der Waals surface area contributed by atoms with Crippen LogP contribution in [0.5, 0.6) is 5.75 Å². The van der Waals surface area contributed by atoms with Crippen LogP contribution in [0.25, 0.3) is 11.1 Å². The number of nitro groups is 2. The smallest absolute Gasteiger partial charge is 0.321 e. The molecule has 0 aliphatic carbocycles. The van der Waals surface area contributed by atoms with Gasteiger partial charge in [-0.3, -0.25) is 25.2 Å². The van der Waals surface area contributed by atoms with Gasteiger partial charge in [-0.15, -0.1) is 0 Å². The van der Waals surface area contributed by atoms with E-state index in [2.05, 4.69) is 21.8 Å². The highest BCUT2D eigenvalue weighted by Gasteiger charge is 2.30. The molecular weight excluding hydrogens is 332 g/mol. The van der Waals surface area contributed by atoms with Crippen molar-refractivity contribution in [2.75, 3.05) is 7.11 Å². The zero-order valence-corrected chi connectivity index (χ0v) is 12.6. The molecule has 1 aromatic carbocycles. The van der Waals surface area contributed by atoms with Gasteiger partial charge in [-0.05, 0) is 18.1 Å². The van der Waals surface area contributed by atoms with Gasteiger partial charge >= 0.3 is 11.4 Å². The zero-order chi connectivity index (χ0) is 18.0. The minimum absolute atomic E-state index is 0.138. The van der Waals surface area contributed by atoms with Crippen molar-refractivity contribution in [1.29, 1.82) is 0 Å². The summed E-state index contributed by atoms with van der Waals surface area (Å²) >= 11 is 0. The maximum Gasteiger partial charge on any atom is 0.321 e. The first kappa shape index (κ1) is 15.9. The molecule has 2 heterocycles. The van der Waals surface area contributed by atoms with Crippen LogP contribution in [-0.2, 0) is 0 Å². The van der Waals surface area contributed by atoms with Gasteiger partial charge in [-0.2, -0.15) is 4.98 Å². The molecule has 0 N–H and O–H groups in total. The monoisotopic (exact) mass is 340 g/mol. The molecule has 0 aliphatic rings. The summed E-state index contributed by atoms with van der Waals surface area (Å²) in [5, 5.41) is 22.3. The van der Waals surface area contributed by atoms with Gasteiger partial charge in [0.15, 0.2) is 5.52 Å². The van der Waals surface area contributed by atoms with Gasteiger partial charge in [0.05, 0.1) is 17.0 Å². The highest BCUT2D eigenvalue weighted by atomic mass is 16.6. The van der Waals surface area contributed by atoms with E-state index >= 15 is 0 Å². The number of nitro benzene ring substituents is 2. The predicted octanol–water partition coefficient (Wildman–Crippen LogP) is 2.45. The standard InChI is InChI=1S/C15H8N4O6/c1-24-14-10(18(20)21)7-11(19(22)23)15-13(14)17-12(25-15)5-4-9-3-2-6-16-8-9/h2-3,6-8H,1H3. The number of benzene rings is 1. The van der Waals surface area contributed by atoms with E-state index in [1.54, 1.807) is 18.3 Å². The summed E-state index contributed by atoms with van der Waals surface area (Å²) < 4.78 is 10.3. The van der Waals surface area contributed by atoms with Crippen LogP contribution in [0.15, 0.2) is 35.0 Å². The van der Waals surface area contributed by atoms with Crippen LogP contribution in [0.2, 0.25) is 0 Å². The van der Waals surface area contributed by atoms with E-state index in [0.29, 0.717) is 5.56 Å². The third-order valence-corrected chi connectivity index (χ3v) is 3.15. The molecule has 25 heavy (non-hydrogen) atoms. The Morgan fingerprint density at radius 2 is 1.96 bits per heavy atom. The average Bonchev–Trinajstić information content (AvgIpc) is 3.02. The molecule has 10 heteroatoms. The molecule has 0 fully saturated rings. The van der Waals surface area contributed by atoms with Crippen LogP contribution < -0.4 is 4.74 Å². The molecule has 0 aliphatic heterocycles. The summed E-state index contributed by atoms with van der Waals surface area (Å²) in [5.41, 5.74) is -0.981. The molecule has 124 valence electrons. The van der Waals surface area contributed by atoms with Crippen LogP contribution in [0.4, 0.5) is 11.4 Å². The summed E-state index contributed by atoms with van der Waals surface area (Å²) in [7, 11) is 1.20. The quantitative estimate of drug-likeness (QED) is 0.403. The lowest BCUT2D eigenvalue weighted by atomic mass is 10.2. The second-order valence-electron chi connectivity index (χ2n) is 4.65. The Hall–Kier alpha value is -4.00. The molecule has 0 bridgehead atoms. The minimum atomic E-state index is -0.793. The number of nitrogens with zero attached hydrogens (tertiary/aromatic N) is 4. The molecule has 0 saturated heterocycles. The summed E-state index contributed by atoms with van der Waals surface area (Å²) in [4.78, 5) is 28.6. The van der Waals surface area contributed by atoms with Crippen LogP contribution >= 0.6 is 0 Å². The van der Waals surface area contributed by atoms with Crippen LogP contribution in [0, 0.1) is 32.1 Å². The van der Waals surface area contributed by atoms with Crippen molar-refractivity contribution < 1.29 is 19.0 Å². The first-order chi connectivity index (χ1) is 12.0. The SMILES string of the molecule is COc1c([N+](=O)[O-])cc([N+](=O)[O-])c2oc(C#Cc3cccnc3)nc12. The largest absolute Gasteiger partial charge is 0.489 e. The third kappa shape index (κ3) is 2.93. The van der Waals surface area contributed by atoms with E-state index in [0.717, 1.165) is 6.07 Å². The average molecular weight is 340 g/mol. The number of hydrogen-bond acceptors (Lipinski definition) is 8. The van der Waals surface area contributed by atoms with E-state index in [1.165, 1.54) is 13.3 Å². The van der Waals surface area contributed by atoms with Crippen molar-refractivity contribution in [3.05, 3.63) is 62.3 Å². The highest BCUT2D eigenvalue weighted by Crippen LogP contribution is 2.40. The molecule has 0 atom stereocenters. The Balaban J connectivity index is 2.22. The Bertz CT molecular complexity index is 1050. The molecule has 3 rings (SSSR count). The van der Waals surface area contributed by atoms with Gasteiger partial charge in [-0.25, -0.2) is 0 Å². The van der Waals surface area contributed by atoms with Gasteiger partial charge < -0.3 is 9.15 Å². The Labute approximate surface area is 139 Å². The van der Waals surface area contributed by atoms with Crippen LogP contribution in [0.3, 0.4) is 0 Å². The molecule has 10 nitrogen and oxygen atoms in total. The lowest BCUT2D eigenvalue weighted by Crippen LogP contribution is -1.97. The van der Waals surface area contributed by atoms with Gasteiger partial charge in [0, 0.05) is 18.0 Å². The predicted molar refractivity (Wildman–Crippen MR) is 84.1 cm³/mol. The van der Waals surface area contributed by atoms with E-state index < -0.39 is 21.2 Å². The van der Waals surface area contributed by atoms with Gasteiger partial charge in [0.2, 0.25) is 11.3 Å². The van der Waals surface area contributed by atoms with Crippen molar-refractivity contribution in [3.63, 3.8) is 0 Å². The van der Waals surface area contributed by atoms with Gasteiger partial charge in [0.1, 0.15) is 6.07 Å². The molecule has 0 amide bonds. The van der Waals surface area contributed by atoms with E-state index in [-0.39, 0.29) is 22.7 Å². The molecular formula is C15H8N4O6. The lowest BCUT2D eigenvalue weighted by Gasteiger charge is -2.01. The van der Waals surface area contributed by atoms with Gasteiger partial charge in [-0.1, -0.05) is 5.92 Å². The number of ether oxygens (including phenoxy) is 1. The van der Waals surface area contributed by atoms with E-state index in [9.17, 15) is 20.2 Å². The van der Waals surface area contributed by atoms with Crippen molar-refractivity contribution in [3.8, 4) is 17.6 Å². The number of aromatic nitrogens is 2. The number of oxazole rings is 1. The number of non-ortho nitro benzene ring substituents is 1. The summed E-state index contributed by atoms with van der Waals surface area (Å²) in [6.45, 7) is 0. The highest BCUT2D eigenvalue weighted by molar-refractivity contribution is 5.92. The van der Waals surface area contributed by atoms with Crippen molar-refractivity contribution in [2.24, 2.45) is 0 Å². The summed E-state index contributed by atoms with van der Waals surface area (Å²) in [6.07, 6.45) is 3.10. The first-order valence-corrected chi connectivity index (χ1v) is 6.73. The van der Waals surface area contributed by atoms with Gasteiger partial charge in [0.25, 0.3) is 5.89 Å². The molecule has 0 radical (unpaired) electrons. The second kappa shape index (κ2) is 6.25. The topological polar surface area (TPSA) is 134 Å². The fourth-order valence-corrected chi connectivity index (χ4v) is 2.12. The van der Waals surface area contributed by atoms with Crippen molar-refractivity contribution in [1.82, 2.24) is 9.97 Å². The van der Waals surface area contributed by atoms with Crippen LogP contribution in [0.1, 0.15) is 11.5 Å². The Morgan fingerprint density at radius 3 is 2.56 bits per heavy atom. The normalized spacial score (nSPS) is 10.1. The molecule has 2 aromatic heterocycles. The fraction of sp³-hybridized carbons (Fsp3) is 0.0667. The van der Waals surface area contributed by atoms with E-state index in [4.69, 9.17) is 9.15 Å². The van der Waals surface area contributed by atoms with Crippen molar-refractivity contribution in [2.45, 2.75) is 0 Å². The summed E-state index contributed by atoms with van der Waals surface area (Å²) in [5.74, 6) is 4.96. The molecule has 3 aromatic rings. The summed E-state index contributed by atoms with van der Waals surface area (Å²) in [6, 6.07) is 4.16. The maximum absolute atomic E-state index is 11.2. The van der Waals surface area contributed by atoms with E-state index in [1.807, 2.05) is 0 Å². The Kier molecular flexibility index (Phi) is 3.97. The Morgan fingerprint density at radius 1 is 1.20 bits per heavy atom. The minimum Gasteiger partial charge on any atom is -0.489 e. The molecule has 0 spiro atoms.